The second-order valence-corrected chi connectivity index (χ2v) is 6.10. The molecule has 0 spiro atoms. The first-order chi connectivity index (χ1) is 12.0. The molecule has 1 saturated heterocycles. The van der Waals surface area contributed by atoms with Gasteiger partial charge in [-0.05, 0) is 26.0 Å². The summed E-state index contributed by atoms with van der Waals surface area (Å²) in [5.74, 6) is 1.03. The van der Waals surface area contributed by atoms with Crippen molar-refractivity contribution in [1.29, 1.82) is 0 Å². The van der Waals surface area contributed by atoms with Crippen molar-refractivity contribution < 1.29 is 18.8 Å². The van der Waals surface area contributed by atoms with Gasteiger partial charge in [0.25, 0.3) is 11.8 Å². The number of ether oxygens (including phenoxy) is 1. The highest BCUT2D eigenvalue weighted by Crippen LogP contribution is 2.13. The van der Waals surface area contributed by atoms with Crippen LogP contribution in [0.2, 0.25) is 0 Å². The van der Waals surface area contributed by atoms with E-state index in [0.717, 1.165) is 5.56 Å². The van der Waals surface area contributed by atoms with Gasteiger partial charge in [0.2, 0.25) is 0 Å². The molecule has 1 aromatic carbocycles. The number of piperazine rings is 1. The van der Waals surface area contributed by atoms with E-state index in [2.05, 4.69) is 5.16 Å². The molecule has 2 heterocycles. The molecule has 1 fully saturated rings. The van der Waals surface area contributed by atoms with Crippen LogP contribution >= 0.6 is 0 Å². The van der Waals surface area contributed by atoms with Gasteiger partial charge in [-0.25, -0.2) is 0 Å². The monoisotopic (exact) mass is 343 g/mol. The molecule has 25 heavy (non-hydrogen) atoms. The molecular weight excluding hydrogens is 322 g/mol. The molecule has 2 aromatic rings. The molecule has 0 atom stereocenters. The fourth-order valence-electron chi connectivity index (χ4n) is 2.66. The number of rotatable bonds is 4. The maximum atomic E-state index is 12.3. The quantitative estimate of drug-likeness (QED) is 0.844. The number of nitrogens with zero attached hydrogens (tertiary/aromatic N) is 3. The van der Waals surface area contributed by atoms with Crippen LogP contribution in [0.3, 0.4) is 0 Å². The minimum atomic E-state index is -0.167. The van der Waals surface area contributed by atoms with E-state index in [1.807, 2.05) is 31.2 Å². The molecule has 0 radical (unpaired) electrons. The zero-order chi connectivity index (χ0) is 17.8. The molecule has 1 aliphatic rings. The highest BCUT2D eigenvalue weighted by atomic mass is 16.5. The molecule has 3 rings (SSSR count). The second kappa shape index (κ2) is 7.38. The van der Waals surface area contributed by atoms with Gasteiger partial charge in [0.05, 0.1) is 0 Å². The zero-order valence-electron chi connectivity index (χ0n) is 14.4. The Morgan fingerprint density at radius 1 is 1.08 bits per heavy atom. The SMILES string of the molecule is Cc1ccc(OCC(=O)N2CCN(C(=O)c3cc(C)on3)CC2)cc1. The molecule has 132 valence electrons. The van der Waals surface area contributed by atoms with Crippen molar-refractivity contribution in [2.75, 3.05) is 32.8 Å². The Bertz CT molecular complexity index is 746. The van der Waals surface area contributed by atoms with Crippen LogP contribution in [0.15, 0.2) is 34.9 Å². The van der Waals surface area contributed by atoms with E-state index in [9.17, 15) is 9.59 Å². The maximum Gasteiger partial charge on any atom is 0.276 e. The lowest BCUT2D eigenvalue weighted by atomic mass is 10.2. The molecular formula is C18H21N3O4. The molecule has 0 unspecified atom stereocenters. The van der Waals surface area contributed by atoms with E-state index in [0.29, 0.717) is 43.4 Å². The maximum absolute atomic E-state index is 12.3. The molecule has 0 N–H and O–H groups in total. The molecule has 1 aromatic heterocycles. The lowest BCUT2D eigenvalue weighted by Crippen LogP contribution is -2.51. The van der Waals surface area contributed by atoms with Crippen molar-refractivity contribution in [1.82, 2.24) is 15.0 Å². The number of carbonyl (C=O) groups is 2. The van der Waals surface area contributed by atoms with Gasteiger partial charge in [0, 0.05) is 32.2 Å². The average molecular weight is 343 g/mol. The number of amides is 2. The van der Waals surface area contributed by atoms with Crippen molar-refractivity contribution in [2.24, 2.45) is 0 Å². The summed E-state index contributed by atoms with van der Waals surface area (Å²) in [4.78, 5) is 28.0. The van der Waals surface area contributed by atoms with Crippen molar-refractivity contribution in [2.45, 2.75) is 13.8 Å². The van der Waals surface area contributed by atoms with E-state index >= 15 is 0 Å². The summed E-state index contributed by atoms with van der Waals surface area (Å²) in [6, 6.07) is 9.19. The van der Waals surface area contributed by atoms with E-state index in [4.69, 9.17) is 9.26 Å². The third-order valence-electron chi connectivity index (χ3n) is 4.15. The molecule has 1 aliphatic heterocycles. The third kappa shape index (κ3) is 4.17. The number of hydrogen-bond acceptors (Lipinski definition) is 5. The van der Waals surface area contributed by atoms with Gasteiger partial charge >= 0.3 is 0 Å². The molecule has 0 bridgehead atoms. The van der Waals surface area contributed by atoms with Crippen LogP contribution in [0.5, 0.6) is 5.75 Å². The number of aryl methyl sites for hydroxylation is 2. The van der Waals surface area contributed by atoms with E-state index in [1.165, 1.54) is 0 Å². The van der Waals surface area contributed by atoms with Crippen LogP contribution in [0.4, 0.5) is 0 Å². The summed E-state index contributed by atoms with van der Waals surface area (Å²) in [5, 5.41) is 3.75. The van der Waals surface area contributed by atoms with Crippen LogP contribution in [-0.4, -0.2) is 59.6 Å². The predicted octanol–water partition coefficient (Wildman–Crippen LogP) is 1.65. The van der Waals surface area contributed by atoms with Crippen molar-refractivity contribution in [3.05, 3.63) is 47.3 Å². The number of hydrogen-bond donors (Lipinski definition) is 0. The smallest absolute Gasteiger partial charge is 0.276 e. The summed E-state index contributed by atoms with van der Waals surface area (Å²) < 4.78 is 10.5. The van der Waals surface area contributed by atoms with E-state index in [1.54, 1.807) is 22.8 Å². The largest absolute Gasteiger partial charge is 0.484 e. The average Bonchev–Trinajstić information content (AvgIpc) is 3.07. The third-order valence-corrected chi connectivity index (χ3v) is 4.15. The molecule has 0 saturated carbocycles. The normalized spacial score (nSPS) is 14.5. The fraction of sp³-hybridized carbons (Fsp3) is 0.389. The Hall–Kier alpha value is -2.83. The van der Waals surface area contributed by atoms with Gasteiger partial charge in [-0.1, -0.05) is 22.9 Å². The molecule has 0 aliphatic carbocycles. The van der Waals surface area contributed by atoms with Crippen LogP contribution in [0.1, 0.15) is 21.8 Å². The van der Waals surface area contributed by atoms with Gasteiger partial charge < -0.3 is 19.1 Å². The summed E-state index contributed by atoms with van der Waals surface area (Å²) in [6.45, 7) is 5.66. The zero-order valence-corrected chi connectivity index (χ0v) is 14.4. The van der Waals surface area contributed by atoms with E-state index < -0.39 is 0 Å². The fourth-order valence-corrected chi connectivity index (χ4v) is 2.66. The topological polar surface area (TPSA) is 75.9 Å². The Kier molecular flexibility index (Phi) is 5.02. The molecule has 7 nitrogen and oxygen atoms in total. The first-order valence-electron chi connectivity index (χ1n) is 8.23. The van der Waals surface area contributed by atoms with Crippen molar-refractivity contribution in [3.8, 4) is 5.75 Å². The van der Waals surface area contributed by atoms with Crippen molar-refractivity contribution in [3.63, 3.8) is 0 Å². The van der Waals surface area contributed by atoms with E-state index in [-0.39, 0.29) is 18.4 Å². The number of carbonyl (C=O) groups excluding carboxylic acids is 2. The summed E-state index contributed by atoms with van der Waals surface area (Å²) in [7, 11) is 0. The Morgan fingerprint density at radius 2 is 1.72 bits per heavy atom. The summed E-state index contributed by atoms with van der Waals surface area (Å²) in [6.07, 6.45) is 0. The van der Waals surface area contributed by atoms with Gasteiger partial charge in [-0.3, -0.25) is 9.59 Å². The Balaban J connectivity index is 1.47. The lowest BCUT2D eigenvalue weighted by molar-refractivity contribution is -0.134. The first kappa shape index (κ1) is 17.0. The summed E-state index contributed by atoms with van der Waals surface area (Å²) in [5.41, 5.74) is 1.45. The Morgan fingerprint density at radius 3 is 2.32 bits per heavy atom. The standard InChI is InChI=1S/C18H21N3O4/c1-13-3-5-15(6-4-13)24-12-17(22)20-7-9-21(10-8-20)18(23)16-11-14(2)25-19-16/h3-6,11H,7-10,12H2,1-2H3. The summed E-state index contributed by atoms with van der Waals surface area (Å²) >= 11 is 0. The lowest BCUT2D eigenvalue weighted by Gasteiger charge is -2.34. The van der Waals surface area contributed by atoms with Crippen LogP contribution in [-0.2, 0) is 4.79 Å². The van der Waals surface area contributed by atoms with Gasteiger partial charge in [0.15, 0.2) is 12.3 Å². The van der Waals surface area contributed by atoms with Crippen LogP contribution in [0.25, 0.3) is 0 Å². The molecule has 2 amide bonds. The van der Waals surface area contributed by atoms with Gasteiger partial charge in [-0.2, -0.15) is 0 Å². The predicted molar refractivity (Wildman–Crippen MR) is 90.4 cm³/mol. The molecule has 7 heteroatoms. The van der Waals surface area contributed by atoms with Gasteiger partial charge in [0.1, 0.15) is 11.5 Å². The van der Waals surface area contributed by atoms with Crippen LogP contribution < -0.4 is 4.74 Å². The highest BCUT2D eigenvalue weighted by Gasteiger charge is 2.26. The Labute approximate surface area is 146 Å². The van der Waals surface area contributed by atoms with Crippen LogP contribution in [0, 0.1) is 13.8 Å². The number of aromatic nitrogens is 1. The minimum Gasteiger partial charge on any atom is -0.484 e. The highest BCUT2D eigenvalue weighted by molar-refractivity contribution is 5.92. The second-order valence-electron chi connectivity index (χ2n) is 6.10. The first-order valence-corrected chi connectivity index (χ1v) is 8.23. The van der Waals surface area contributed by atoms with Crippen molar-refractivity contribution >= 4 is 11.8 Å². The number of benzene rings is 1. The minimum absolute atomic E-state index is 0.000508. The van der Waals surface area contributed by atoms with Gasteiger partial charge in [-0.15, -0.1) is 0 Å².